The number of benzene rings is 3. The van der Waals surface area contributed by atoms with Crippen LogP contribution >= 0.6 is 0 Å². The van der Waals surface area contributed by atoms with Gasteiger partial charge in [-0.05, 0) is 72.2 Å². The van der Waals surface area contributed by atoms with Crippen molar-refractivity contribution in [1.29, 1.82) is 0 Å². The van der Waals surface area contributed by atoms with Crippen molar-refractivity contribution in [3.63, 3.8) is 0 Å². The Balaban J connectivity index is 1.12. The van der Waals surface area contributed by atoms with Crippen molar-refractivity contribution in [2.24, 2.45) is 11.8 Å². The molecule has 0 unspecified atom stereocenters. The van der Waals surface area contributed by atoms with Gasteiger partial charge >= 0.3 is 6.18 Å². The van der Waals surface area contributed by atoms with E-state index in [2.05, 4.69) is 0 Å². The number of carbonyl (C=O) groups is 2. The molecule has 3 aromatic carbocycles. The molecule has 3 aromatic rings. The highest BCUT2D eigenvalue weighted by molar-refractivity contribution is 5.95. The maximum Gasteiger partial charge on any atom is 0.416 e. The summed E-state index contributed by atoms with van der Waals surface area (Å²) in [5, 5.41) is 0. The topological polar surface area (TPSA) is 40.6 Å². The standard InChI is InChI=1S/C29H27F3N2O2/c30-29(31,32)26-8-4-7-25(16-26)22-9-11-24(12-10-22)28(36)34-18-21(19-34)15-20-13-14-33(17-20)27(35)23-5-2-1-3-6-23/h1-12,16,20-21H,13-15,17-19H2/t20-/m1/s1. The number of carbonyl (C=O) groups excluding carboxylic acids is 2. The zero-order valence-electron chi connectivity index (χ0n) is 19.7. The highest BCUT2D eigenvalue weighted by Gasteiger charge is 2.35. The van der Waals surface area contributed by atoms with E-state index in [1.807, 2.05) is 40.1 Å². The minimum absolute atomic E-state index is 0.0610. The van der Waals surface area contributed by atoms with Gasteiger partial charge in [0, 0.05) is 37.3 Å². The lowest BCUT2D eigenvalue weighted by atomic mass is 9.87. The molecule has 2 fully saturated rings. The Kier molecular flexibility index (Phi) is 6.56. The maximum atomic E-state index is 13.0. The predicted octanol–water partition coefficient (Wildman–Crippen LogP) is 6.00. The van der Waals surface area contributed by atoms with Gasteiger partial charge in [0.2, 0.25) is 0 Å². The summed E-state index contributed by atoms with van der Waals surface area (Å²) in [4.78, 5) is 29.3. The third-order valence-corrected chi connectivity index (χ3v) is 7.16. The molecule has 2 aliphatic heterocycles. The average Bonchev–Trinajstić information content (AvgIpc) is 3.34. The van der Waals surface area contributed by atoms with Gasteiger partial charge in [-0.1, -0.05) is 42.5 Å². The van der Waals surface area contributed by atoms with Gasteiger partial charge in [0.25, 0.3) is 11.8 Å². The number of nitrogens with zero attached hydrogens (tertiary/aromatic N) is 2. The molecule has 7 heteroatoms. The minimum Gasteiger partial charge on any atom is -0.338 e. The molecule has 2 saturated heterocycles. The largest absolute Gasteiger partial charge is 0.416 e. The number of rotatable bonds is 5. The molecule has 0 saturated carbocycles. The number of alkyl halides is 3. The van der Waals surface area contributed by atoms with Crippen molar-refractivity contribution in [3.05, 3.63) is 95.6 Å². The van der Waals surface area contributed by atoms with E-state index in [9.17, 15) is 22.8 Å². The van der Waals surface area contributed by atoms with E-state index in [-0.39, 0.29) is 11.8 Å². The molecule has 5 rings (SSSR count). The second-order valence-electron chi connectivity index (χ2n) is 9.74. The van der Waals surface area contributed by atoms with Crippen LogP contribution in [0.15, 0.2) is 78.9 Å². The normalized spacial score (nSPS) is 18.2. The lowest BCUT2D eigenvalue weighted by molar-refractivity contribution is -0.137. The molecule has 4 nitrogen and oxygen atoms in total. The first-order chi connectivity index (χ1) is 17.3. The number of amides is 2. The number of hydrogen-bond donors (Lipinski definition) is 0. The van der Waals surface area contributed by atoms with Crippen LogP contribution in [0, 0.1) is 11.8 Å². The van der Waals surface area contributed by atoms with Crippen molar-refractivity contribution in [3.8, 4) is 11.1 Å². The molecule has 0 N–H and O–H groups in total. The number of likely N-dealkylation sites (tertiary alicyclic amines) is 2. The molecule has 186 valence electrons. The molecule has 2 aliphatic rings. The van der Waals surface area contributed by atoms with Crippen LogP contribution in [-0.4, -0.2) is 47.8 Å². The van der Waals surface area contributed by atoms with Crippen LogP contribution in [0.25, 0.3) is 11.1 Å². The van der Waals surface area contributed by atoms with Crippen molar-refractivity contribution in [1.82, 2.24) is 9.80 Å². The predicted molar refractivity (Wildman–Crippen MR) is 131 cm³/mol. The van der Waals surface area contributed by atoms with E-state index in [0.29, 0.717) is 41.6 Å². The van der Waals surface area contributed by atoms with E-state index in [4.69, 9.17) is 0 Å². The van der Waals surface area contributed by atoms with Crippen LogP contribution in [0.1, 0.15) is 39.1 Å². The maximum absolute atomic E-state index is 13.0. The molecule has 0 spiro atoms. The zero-order chi connectivity index (χ0) is 25.3. The van der Waals surface area contributed by atoms with Crippen molar-refractivity contribution < 1.29 is 22.8 Å². The molecule has 0 bridgehead atoms. The fraction of sp³-hybridized carbons (Fsp3) is 0.310. The highest BCUT2D eigenvalue weighted by atomic mass is 19.4. The SMILES string of the molecule is O=C(c1ccc(-c2cccc(C(F)(F)F)c2)cc1)N1CC(C[C@H]2CCN(C(=O)c3ccccc3)C2)C1. The second kappa shape index (κ2) is 9.80. The van der Waals surface area contributed by atoms with Crippen LogP contribution in [0.4, 0.5) is 13.2 Å². The second-order valence-corrected chi connectivity index (χ2v) is 9.74. The van der Waals surface area contributed by atoms with Gasteiger partial charge in [0.15, 0.2) is 0 Å². The van der Waals surface area contributed by atoms with Crippen molar-refractivity contribution in [2.45, 2.75) is 19.0 Å². The first-order valence-corrected chi connectivity index (χ1v) is 12.2. The van der Waals surface area contributed by atoms with E-state index in [0.717, 1.165) is 43.6 Å². The third kappa shape index (κ3) is 5.15. The van der Waals surface area contributed by atoms with E-state index in [1.54, 1.807) is 30.3 Å². The summed E-state index contributed by atoms with van der Waals surface area (Å²) in [5.74, 6) is 0.896. The summed E-state index contributed by atoms with van der Waals surface area (Å²) < 4.78 is 39.0. The Morgan fingerprint density at radius 1 is 0.722 bits per heavy atom. The fourth-order valence-corrected chi connectivity index (χ4v) is 5.19. The average molecular weight is 493 g/mol. The third-order valence-electron chi connectivity index (χ3n) is 7.16. The first-order valence-electron chi connectivity index (χ1n) is 12.2. The molecule has 0 aromatic heterocycles. The summed E-state index contributed by atoms with van der Waals surface area (Å²) in [6.07, 6.45) is -2.41. The minimum atomic E-state index is -4.39. The fourth-order valence-electron chi connectivity index (χ4n) is 5.19. The van der Waals surface area contributed by atoms with E-state index >= 15 is 0 Å². The van der Waals surface area contributed by atoms with Crippen molar-refractivity contribution >= 4 is 11.8 Å². The Hall–Kier alpha value is -3.61. The Bertz CT molecular complexity index is 1240. The molecule has 0 radical (unpaired) electrons. The van der Waals surface area contributed by atoms with Gasteiger partial charge in [0.1, 0.15) is 0 Å². The zero-order valence-corrected chi connectivity index (χ0v) is 19.7. The van der Waals surface area contributed by atoms with E-state index in [1.165, 1.54) is 6.07 Å². The first kappa shape index (κ1) is 24.1. The molecular weight excluding hydrogens is 465 g/mol. The van der Waals surface area contributed by atoms with Gasteiger partial charge in [-0.3, -0.25) is 9.59 Å². The highest BCUT2D eigenvalue weighted by Crippen LogP contribution is 2.33. The van der Waals surface area contributed by atoms with Crippen LogP contribution in [0.2, 0.25) is 0 Å². The quantitative estimate of drug-likeness (QED) is 0.439. The number of halogens is 3. The molecule has 1 atom stereocenters. The van der Waals surface area contributed by atoms with Gasteiger partial charge in [-0.25, -0.2) is 0 Å². The Labute approximate surface area is 208 Å². The van der Waals surface area contributed by atoms with Crippen LogP contribution in [0.3, 0.4) is 0 Å². The lowest BCUT2D eigenvalue weighted by Crippen LogP contribution is -2.50. The van der Waals surface area contributed by atoms with Gasteiger partial charge < -0.3 is 9.80 Å². The van der Waals surface area contributed by atoms with Gasteiger partial charge in [-0.2, -0.15) is 13.2 Å². The molecular formula is C29H27F3N2O2. The smallest absolute Gasteiger partial charge is 0.338 e. The Morgan fingerprint density at radius 3 is 2.06 bits per heavy atom. The van der Waals surface area contributed by atoms with Crippen molar-refractivity contribution in [2.75, 3.05) is 26.2 Å². The van der Waals surface area contributed by atoms with Gasteiger partial charge in [-0.15, -0.1) is 0 Å². The lowest BCUT2D eigenvalue weighted by Gasteiger charge is -2.40. The Morgan fingerprint density at radius 2 is 1.36 bits per heavy atom. The molecule has 2 heterocycles. The summed E-state index contributed by atoms with van der Waals surface area (Å²) >= 11 is 0. The molecule has 2 amide bonds. The number of hydrogen-bond acceptors (Lipinski definition) is 2. The summed E-state index contributed by atoms with van der Waals surface area (Å²) in [6, 6.07) is 21.3. The van der Waals surface area contributed by atoms with Crippen LogP contribution < -0.4 is 0 Å². The molecule has 0 aliphatic carbocycles. The van der Waals surface area contributed by atoms with Gasteiger partial charge in [0.05, 0.1) is 5.56 Å². The monoisotopic (exact) mass is 492 g/mol. The summed E-state index contributed by atoms with van der Waals surface area (Å²) in [5.41, 5.74) is 1.66. The summed E-state index contributed by atoms with van der Waals surface area (Å²) in [7, 11) is 0. The van der Waals surface area contributed by atoms with E-state index < -0.39 is 11.7 Å². The molecule has 36 heavy (non-hydrogen) atoms. The van der Waals surface area contributed by atoms with Crippen LogP contribution in [-0.2, 0) is 6.18 Å². The van der Waals surface area contributed by atoms with Crippen LogP contribution in [0.5, 0.6) is 0 Å². The summed E-state index contributed by atoms with van der Waals surface area (Å²) in [6.45, 7) is 2.91.